The highest BCUT2D eigenvalue weighted by Crippen LogP contribution is 2.24. The summed E-state index contributed by atoms with van der Waals surface area (Å²) < 4.78 is 3.95. The fourth-order valence-electron chi connectivity index (χ4n) is 0.631. The van der Waals surface area contributed by atoms with Crippen molar-refractivity contribution in [1.82, 2.24) is 5.32 Å². The molecule has 0 aromatic heterocycles. The van der Waals surface area contributed by atoms with E-state index >= 15 is 0 Å². The van der Waals surface area contributed by atoms with Gasteiger partial charge in [0.15, 0.2) is 0 Å². The second kappa shape index (κ2) is 10.9. The van der Waals surface area contributed by atoms with Crippen molar-refractivity contribution >= 4 is 33.5 Å². The minimum Gasteiger partial charge on any atom is -0.305 e. The normalized spacial score (nSPS) is 13.2. The molecular formula is C7H16ClNO2S2. The summed E-state index contributed by atoms with van der Waals surface area (Å²) in [5.41, 5.74) is 0. The standard InChI is InChI=1S/C7H16ClNO2S2/c1-3-4-9-7(2)13-12-6-5-10-11-8/h7,9H,3-6H2,1-2H3. The van der Waals surface area contributed by atoms with E-state index in [1.807, 2.05) is 0 Å². The molecule has 0 amide bonds. The molecule has 1 atom stereocenters. The molecule has 6 heteroatoms. The zero-order valence-corrected chi connectivity index (χ0v) is 10.3. The van der Waals surface area contributed by atoms with Crippen molar-refractivity contribution in [1.29, 1.82) is 0 Å². The summed E-state index contributed by atoms with van der Waals surface area (Å²) in [5.74, 6) is 0.871. The second-order valence-corrected chi connectivity index (χ2v) is 5.35. The van der Waals surface area contributed by atoms with Gasteiger partial charge in [-0.1, -0.05) is 28.5 Å². The van der Waals surface area contributed by atoms with Crippen LogP contribution in [0, 0.1) is 0 Å². The molecule has 13 heavy (non-hydrogen) atoms. The van der Waals surface area contributed by atoms with Crippen LogP contribution in [0.3, 0.4) is 0 Å². The Kier molecular flexibility index (Phi) is 11.7. The summed E-state index contributed by atoms with van der Waals surface area (Å²) in [6.07, 6.45) is 1.17. The zero-order chi connectivity index (χ0) is 9.94. The number of hydrogen-bond donors (Lipinski definition) is 1. The summed E-state index contributed by atoms with van der Waals surface area (Å²) in [5, 5.41) is 3.84. The molecule has 0 radical (unpaired) electrons. The smallest absolute Gasteiger partial charge is 0.0999 e. The Bertz CT molecular complexity index is 110. The first kappa shape index (κ1) is 13.9. The van der Waals surface area contributed by atoms with Gasteiger partial charge in [0.1, 0.15) is 0 Å². The van der Waals surface area contributed by atoms with Crippen LogP contribution < -0.4 is 5.32 Å². The van der Waals surface area contributed by atoms with Gasteiger partial charge in [-0.15, -0.1) is 4.44 Å². The number of halogens is 1. The first-order chi connectivity index (χ1) is 6.31. The molecule has 80 valence electrons. The molecule has 1 unspecified atom stereocenters. The minimum absolute atomic E-state index is 0.474. The Hall–Kier alpha value is 0.870. The van der Waals surface area contributed by atoms with Crippen molar-refractivity contribution in [2.24, 2.45) is 0 Å². The Morgan fingerprint density at radius 1 is 1.54 bits per heavy atom. The van der Waals surface area contributed by atoms with E-state index in [2.05, 4.69) is 28.5 Å². The van der Waals surface area contributed by atoms with Gasteiger partial charge in [0.2, 0.25) is 0 Å². The van der Waals surface area contributed by atoms with Crippen LogP contribution in [-0.2, 0) is 9.33 Å². The molecule has 0 saturated carbocycles. The van der Waals surface area contributed by atoms with Gasteiger partial charge in [-0.05, 0) is 19.9 Å². The van der Waals surface area contributed by atoms with E-state index in [4.69, 9.17) is 11.9 Å². The maximum Gasteiger partial charge on any atom is 0.0999 e. The number of hydrogen-bond acceptors (Lipinski definition) is 5. The lowest BCUT2D eigenvalue weighted by atomic mass is 10.5. The van der Waals surface area contributed by atoms with Crippen molar-refractivity contribution in [2.75, 3.05) is 18.9 Å². The van der Waals surface area contributed by atoms with E-state index in [0.29, 0.717) is 12.0 Å². The minimum atomic E-state index is 0.474. The molecule has 1 N–H and O–H groups in total. The topological polar surface area (TPSA) is 30.5 Å². The predicted octanol–water partition coefficient (Wildman–Crippen LogP) is 2.82. The van der Waals surface area contributed by atoms with Gasteiger partial charge in [-0.2, -0.15) is 0 Å². The summed E-state index contributed by atoms with van der Waals surface area (Å²) in [4.78, 5) is 4.51. The Balaban J connectivity index is 3.03. The highest BCUT2D eigenvalue weighted by Gasteiger charge is 2.00. The van der Waals surface area contributed by atoms with Gasteiger partial charge in [0.25, 0.3) is 0 Å². The first-order valence-electron chi connectivity index (χ1n) is 4.23. The quantitative estimate of drug-likeness (QED) is 0.222. The fourth-order valence-corrected chi connectivity index (χ4v) is 2.63. The molecule has 0 rings (SSSR count). The Morgan fingerprint density at radius 3 is 2.92 bits per heavy atom. The van der Waals surface area contributed by atoms with Crippen LogP contribution in [0.25, 0.3) is 0 Å². The zero-order valence-electron chi connectivity index (χ0n) is 7.92. The van der Waals surface area contributed by atoms with E-state index in [1.165, 1.54) is 6.42 Å². The Morgan fingerprint density at radius 2 is 2.31 bits per heavy atom. The van der Waals surface area contributed by atoms with Crippen LogP contribution in [0.5, 0.6) is 0 Å². The van der Waals surface area contributed by atoms with Crippen molar-refractivity contribution in [2.45, 2.75) is 25.6 Å². The summed E-state index contributed by atoms with van der Waals surface area (Å²) in [6.45, 7) is 5.88. The molecule has 0 saturated heterocycles. The van der Waals surface area contributed by atoms with Crippen LogP contribution >= 0.6 is 33.5 Å². The maximum atomic E-state index is 4.86. The van der Waals surface area contributed by atoms with E-state index in [0.717, 1.165) is 12.3 Å². The van der Waals surface area contributed by atoms with Crippen molar-refractivity contribution in [3.05, 3.63) is 0 Å². The fraction of sp³-hybridized carbons (Fsp3) is 1.00. The molecule has 0 aromatic carbocycles. The molecule has 0 heterocycles. The number of rotatable bonds is 9. The third-order valence-electron chi connectivity index (χ3n) is 1.19. The maximum absolute atomic E-state index is 4.86. The van der Waals surface area contributed by atoms with E-state index in [9.17, 15) is 0 Å². The van der Waals surface area contributed by atoms with Gasteiger partial charge in [-0.3, -0.25) is 0 Å². The molecule has 0 fully saturated rings. The monoisotopic (exact) mass is 245 g/mol. The number of nitrogens with one attached hydrogen (secondary N) is 1. The van der Waals surface area contributed by atoms with Gasteiger partial charge >= 0.3 is 0 Å². The van der Waals surface area contributed by atoms with Gasteiger partial charge in [0, 0.05) is 5.75 Å². The van der Waals surface area contributed by atoms with Crippen LogP contribution in [0.1, 0.15) is 20.3 Å². The average molecular weight is 246 g/mol. The van der Waals surface area contributed by atoms with Crippen LogP contribution in [0.15, 0.2) is 0 Å². The summed E-state index contributed by atoms with van der Waals surface area (Å²) in [6, 6.07) is 0. The highest BCUT2D eigenvalue weighted by atomic mass is 35.5. The van der Waals surface area contributed by atoms with Crippen LogP contribution in [0.2, 0.25) is 0 Å². The predicted molar refractivity (Wildman–Crippen MR) is 60.7 cm³/mol. The highest BCUT2D eigenvalue weighted by molar-refractivity contribution is 8.76. The molecule has 0 aliphatic heterocycles. The summed E-state index contributed by atoms with van der Waals surface area (Å²) in [7, 11) is 3.54. The van der Waals surface area contributed by atoms with Crippen molar-refractivity contribution in [3.8, 4) is 0 Å². The first-order valence-corrected chi connectivity index (χ1v) is 6.92. The van der Waals surface area contributed by atoms with E-state index < -0.39 is 0 Å². The molecule has 0 aliphatic rings. The SMILES string of the molecule is CCCNC(C)SSCCOOCl. The molecule has 0 aromatic rings. The molecule has 0 bridgehead atoms. The lowest BCUT2D eigenvalue weighted by molar-refractivity contribution is -0.196. The van der Waals surface area contributed by atoms with Gasteiger partial charge in [-0.25, -0.2) is 4.89 Å². The largest absolute Gasteiger partial charge is 0.305 e. The van der Waals surface area contributed by atoms with Crippen molar-refractivity contribution in [3.63, 3.8) is 0 Å². The Labute approximate surface area is 92.8 Å². The summed E-state index contributed by atoms with van der Waals surface area (Å²) >= 11 is 4.86. The van der Waals surface area contributed by atoms with Crippen LogP contribution in [-0.4, -0.2) is 24.3 Å². The van der Waals surface area contributed by atoms with Crippen molar-refractivity contribution < 1.29 is 9.33 Å². The molecule has 0 aliphatic carbocycles. The lowest BCUT2D eigenvalue weighted by Crippen LogP contribution is -2.22. The molecular weight excluding hydrogens is 230 g/mol. The average Bonchev–Trinajstić information content (AvgIpc) is 2.14. The lowest BCUT2D eigenvalue weighted by Gasteiger charge is -2.10. The van der Waals surface area contributed by atoms with Gasteiger partial charge < -0.3 is 5.32 Å². The van der Waals surface area contributed by atoms with Gasteiger partial charge in [0.05, 0.1) is 23.8 Å². The van der Waals surface area contributed by atoms with Crippen LogP contribution in [0.4, 0.5) is 0 Å². The third-order valence-corrected chi connectivity index (χ3v) is 3.98. The van der Waals surface area contributed by atoms with E-state index in [1.54, 1.807) is 21.6 Å². The third kappa shape index (κ3) is 10.8. The second-order valence-electron chi connectivity index (χ2n) is 2.40. The van der Waals surface area contributed by atoms with E-state index in [-0.39, 0.29) is 0 Å². The molecule has 3 nitrogen and oxygen atoms in total. The molecule has 0 spiro atoms.